The first-order chi connectivity index (χ1) is 13.1. The van der Waals surface area contributed by atoms with E-state index in [1.54, 1.807) is 14.2 Å². The number of amides is 1. The summed E-state index contributed by atoms with van der Waals surface area (Å²) in [5.74, 6) is 1.56. The highest BCUT2D eigenvalue weighted by molar-refractivity contribution is 5.94. The molecule has 2 aromatic rings. The Kier molecular flexibility index (Phi) is 6.19. The van der Waals surface area contributed by atoms with Crippen molar-refractivity contribution in [2.75, 3.05) is 50.6 Å². The van der Waals surface area contributed by atoms with Crippen molar-refractivity contribution in [1.29, 1.82) is 0 Å². The van der Waals surface area contributed by atoms with Crippen molar-refractivity contribution in [2.45, 2.75) is 13.0 Å². The molecule has 2 N–H and O–H groups in total. The molecular formula is C21H28N3O3+. The Labute approximate surface area is 160 Å². The maximum absolute atomic E-state index is 12.7. The highest BCUT2D eigenvalue weighted by Gasteiger charge is 2.29. The Morgan fingerprint density at radius 3 is 2.33 bits per heavy atom. The fraction of sp³-hybridized carbons (Fsp3) is 0.381. The summed E-state index contributed by atoms with van der Waals surface area (Å²) < 4.78 is 10.5. The summed E-state index contributed by atoms with van der Waals surface area (Å²) in [4.78, 5) is 16.3. The first-order valence-corrected chi connectivity index (χ1v) is 9.30. The van der Waals surface area contributed by atoms with Crippen molar-refractivity contribution < 1.29 is 19.2 Å². The van der Waals surface area contributed by atoms with Crippen LogP contribution in [0.4, 0.5) is 11.4 Å². The summed E-state index contributed by atoms with van der Waals surface area (Å²) >= 11 is 0. The monoisotopic (exact) mass is 370 g/mol. The zero-order chi connectivity index (χ0) is 19.2. The molecule has 1 saturated heterocycles. The van der Waals surface area contributed by atoms with Crippen molar-refractivity contribution in [3.8, 4) is 11.5 Å². The largest absolute Gasteiger partial charge is 0.497 e. The summed E-state index contributed by atoms with van der Waals surface area (Å²) in [6.07, 6.45) is 0. The van der Waals surface area contributed by atoms with Crippen LogP contribution in [0.25, 0.3) is 0 Å². The molecule has 0 unspecified atom stereocenters. The summed E-state index contributed by atoms with van der Waals surface area (Å²) in [7, 11) is 3.28. The lowest BCUT2D eigenvalue weighted by Crippen LogP contribution is -3.19. The van der Waals surface area contributed by atoms with Gasteiger partial charge in [0.25, 0.3) is 5.91 Å². The van der Waals surface area contributed by atoms with E-state index in [9.17, 15) is 4.79 Å². The molecule has 144 valence electrons. The molecule has 1 aliphatic rings. The number of para-hydroxylation sites is 2. The fourth-order valence-electron chi connectivity index (χ4n) is 3.45. The highest BCUT2D eigenvalue weighted by Crippen LogP contribution is 2.23. The van der Waals surface area contributed by atoms with E-state index in [1.165, 1.54) is 10.6 Å². The molecule has 27 heavy (non-hydrogen) atoms. The number of benzene rings is 2. The molecule has 6 heteroatoms. The molecule has 1 atom stereocenters. The van der Waals surface area contributed by atoms with Crippen molar-refractivity contribution >= 4 is 17.3 Å². The number of nitrogens with one attached hydrogen (secondary N) is 2. The van der Waals surface area contributed by atoms with Gasteiger partial charge in [-0.1, -0.05) is 12.1 Å². The van der Waals surface area contributed by atoms with Crippen LogP contribution in [0.15, 0.2) is 48.5 Å². The normalized spacial score (nSPS) is 15.9. The molecule has 0 radical (unpaired) electrons. The van der Waals surface area contributed by atoms with Crippen LogP contribution in [-0.2, 0) is 4.79 Å². The van der Waals surface area contributed by atoms with E-state index < -0.39 is 0 Å². The Morgan fingerprint density at radius 2 is 1.70 bits per heavy atom. The van der Waals surface area contributed by atoms with Crippen molar-refractivity contribution in [3.05, 3.63) is 48.5 Å². The van der Waals surface area contributed by atoms with E-state index >= 15 is 0 Å². The SMILES string of the molecule is COc1ccc(N2CC[NH+]([C@@H](C)C(=O)Nc3ccccc3OC)CC2)cc1. The van der Waals surface area contributed by atoms with Crippen LogP contribution in [-0.4, -0.2) is 52.3 Å². The van der Waals surface area contributed by atoms with E-state index in [0.717, 1.165) is 31.9 Å². The van der Waals surface area contributed by atoms with E-state index in [2.05, 4.69) is 22.3 Å². The van der Waals surface area contributed by atoms with Crippen LogP contribution < -0.4 is 24.6 Å². The van der Waals surface area contributed by atoms with Crippen LogP contribution in [0.1, 0.15) is 6.92 Å². The number of carbonyl (C=O) groups excluding carboxylic acids is 1. The Balaban J connectivity index is 1.55. The van der Waals surface area contributed by atoms with Crippen LogP contribution >= 0.6 is 0 Å². The molecule has 1 amide bonds. The Hall–Kier alpha value is -2.73. The van der Waals surface area contributed by atoms with Gasteiger partial charge in [-0.05, 0) is 43.3 Å². The molecule has 1 fully saturated rings. The highest BCUT2D eigenvalue weighted by atomic mass is 16.5. The Bertz CT molecular complexity index is 756. The standard InChI is InChI=1S/C21H27N3O3/c1-16(21(25)22-19-6-4-5-7-20(19)27-3)23-12-14-24(15-13-23)17-8-10-18(26-2)11-9-17/h4-11,16H,12-15H2,1-3H3,(H,22,25)/p+1/t16-/m0/s1. The number of quaternary nitrogens is 1. The first kappa shape index (κ1) is 19.0. The molecule has 0 spiro atoms. The molecule has 1 heterocycles. The molecule has 3 rings (SSSR count). The van der Waals surface area contributed by atoms with Gasteiger partial charge < -0.3 is 24.6 Å². The van der Waals surface area contributed by atoms with Gasteiger partial charge in [0, 0.05) is 5.69 Å². The van der Waals surface area contributed by atoms with Crippen LogP contribution in [0.2, 0.25) is 0 Å². The lowest BCUT2D eigenvalue weighted by atomic mass is 10.2. The maximum Gasteiger partial charge on any atom is 0.282 e. The van der Waals surface area contributed by atoms with Gasteiger partial charge in [0.05, 0.1) is 46.1 Å². The minimum absolute atomic E-state index is 0.0207. The van der Waals surface area contributed by atoms with Crippen LogP contribution in [0, 0.1) is 0 Å². The predicted molar refractivity (Wildman–Crippen MR) is 107 cm³/mol. The number of methoxy groups -OCH3 is 2. The molecular weight excluding hydrogens is 342 g/mol. The first-order valence-electron chi connectivity index (χ1n) is 9.30. The van der Waals surface area contributed by atoms with Crippen molar-refractivity contribution in [3.63, 3.8) is 0 Å². The Morgan fingerprint density at radius 1 is 1.04 bits per heavy atom. The number of piperazine rings is 1. The number of rotatable bonds is 6. The maximum atomic E-state index is 12.7. The third-order valence-electron chi connectivity index (χ3n) is 5.21. The zero-order valence-electron chi connectivity index (χ0n) is 16.2. The van der Waals surface area contributed by atoms with Gasteiger partial charge in [-0.3, -0.25) is 4.79 Å². The van der Waals surface area contributed by atoms with Crippen LogP contribution in [0.5, 0.6) is 11.5 Å². The summed E-state index contributed by atoms with van der Waals surface area (Å²) in [6.45, 7) is 5.68. The average Bonchev–Trinajstić information content (AvgIpc) is 2.73. The molecule has 1 aliphatic heterocycles. The lowest BCUT2D eigenvalue weighted by Gasteiger charge is -2.36. The van der Waals surface area contributed by atoms with Gasteiger partial charge in [0.15, 0.2) is 6.04 Å². The predicted octanol–water partition coefficient (Wildman–Crippen LogP) is 1.44. The topological polar surface area (TPSA) is 55.2 Å². The van der Waals surface area contributed by atoms with Crippen LogP contribution in [0.3, 0.4) is 0 Å². The fourth-order valence-corrected chi connectivity index (χ4v) is 3.45. The minimum Gasteiger partial charge on any atom is -0.497 e. The molecule has 2 aromatic carbocycles. The van der Waals surface area contributed by atoms with Gasteiger partial charge in [-0.25, -0.2) is 0 Å². The number of hydrogen-bond acceptors (Lipinski definition) is 4. The van der Waals surface area contributed by atoms with Gasteiger partial charge in [-0.15, -0.1) is 0 Å². The number of nitrogens with zero attached hydrogens (tertiary/aromatic N) is 1. The van der Waals surface area contributed by atoms with E-state index in [1.807, 2.05) is 43.3 Å². The number of anilines is 2. The smallest absolute Gasteiger partial charge is 0.282 e. The number of carbonyl (C=O) groups is 1. The minimum atomic E-state index is -0.118. The second-order valence-corrected chi connectivity index (χ2v) is 6.75. The molecule has 0 aliphatic carbocycles. The quantitative estimate of drug-likeness (QED) is 0.808. The molecule has 6 nitrogen and oxygen atoms in total. The third kappa shape index (κ3) is 4.52. The van der Waals surface area contributed by atoms with E-state index in [-0.39, 0.29) is 11.9 Å². The van der Waals surface area contributed by atoms with Gasteiger partial charge in [0.1, 0.15) is 11.5 Å². The lowest BCUT2D eigenvalue weighted by molar-refractivity contribution is -0.914. The van der Waals surface area contributed by atoms with Gasteiger partial charge >= 0.3 is 0 Å². The second-order valence-electron chi connectivity index (χ2n) is 6.75. The molecule has 0 bridgehead atoms. The van der Waals surface area contributed by atoms with Crippen molar-refractivity contribution in [2.24, 2.45) is 0 Å². The average molecular weight is 370 g/mol. The summed E-state index contributed by atoms with van der Waals surface area (Å²) in [6, 6.07) is 15.5. The number of ether oxygens (including phenoxy) is 2. The van der Waals surface area contributed by atoms with Crippen molar-refractivity contribution in [1.82, 2.24) is 0 Å². The molecule has 0 aromatic heterocycles. The van der Waals surface area contributed by atoms with Gasteiger partial charge in [-0.2, -0.15) is 0 Å². The third-order valence-corrected chi connectivity index (χ3v) is 5.21. The zero-order valence-corrected chi connectivity index (χ0v) is 16.2. The summed E-state index contributed by atoms with van der Waals surface area (Å²) in [5.41, 5.74) is 1.91. The summed E-state index contributed by atoms with van der Waals surface area (Å²) in [5, 5.41) is 3.00. The van der Waals surface area contributed by atoms with E-state index in [4.69, 9.17) is 9.47 Å². The molecule has 0 saturated carbocycles. The van der Waals surface area contributed by atoms with Gasteiger partial charge in [0.2, 0.25) is 0 Å². The number of hydrogen-bond donors (Lipinski definition) is 2. The second kappa shape index (κ2) is 8.77. The van der Waals surface area contributed by atoms with E-state index in [0.29, 0.717) is 11.4 Å².